The highest BCUT2D eigenvalue weighted by molar-refractivity contribution is 6.46. The minimum atomic E-state index is -0.443. The monoisotopic (exact) mass is 446 g/mol. The zero-order chi connectivity index (χ0) is 23.0. The highest BCUT2D eigenvalue weighted by atomic mass is 35.5. The first-order valence-electron chi connectivity index (χ1n) is 10.2. The van der Waals surface area contributed by atoms with Gasteiger partial charge < -0.3 is 10.1 Å². The third-order valence-corrected chi connectivity index (χ3v) is 5.89. The first-order chi connectivity index (χ1) is 15.3. The molecular formula is C26H23ClN2O3. The molecule has 0 aromatic heterocycles. The van der Waals surface area contributed by atoms with Crippen molar-refractivity contribution in [3.63, 3.8) is 0 Å². The van der Waals surface area contributed by atoms with Crippen molar-refractivity contribution < 1.29 is 14.3 Å². The molecule has 4 rings (SSSR count). The fourth-order valence-electron chi connectivity index (χ4n) is 3.75. The Labute approximate surface area is 192 Å². The summed E-state index contributed by atoms with van der Waals surface area (Å²) in [7, 11) is 1.51. The molecule has 3 aromatic rings. The van der Waals surface area contributed by atoms with Gasteiger partial charge in [0.1, 0.15) is 11.4 Å². The van der Waals surface area contributed by atoms with E-state index in [1.807, 2.05) is 39.0 Å². The molecule has 0 saturated carbocycles. The van der Waals surface area contributed by atoms with Gasteiger partial charge in [-0.2, -0.15) is 0 Å². The standard InChI is InChI=1S/C26H23ClN2O3/c1-15-9-10-18(13-16(15)2)23-24(28-20-12-11-19(27)14-17(20)3)26(31)29(25(23)30)21-7-5-6-8-22(21)32-4/h5-14,28H,1-4H3. The third kappa shape index (κ3) is 3.76. The van der Waals surface area contributed by atoms with Crippen LogP contribution in [0.4, 0.5) is 11.4 Å². The number of rotatable bonds is 5. The molecule has 0 radical (unpaired) electrons. The first-order valence-corrected chi connectivity index (χ1v) is 10.6. The second-order valence-electron chi connectivity index (χ2n) is 7.75. The van der Waals surface area contributed by atoms with Crippen molar-refractivity contribution in [1.82, 2.24) is 0 Å². The van der Waals surface area contributed by atoms with Crippen LogP contribution in [-0.2, 0) is 9.59 Å². The van der Waals surface area contributed by atoms with E-state index < -0.39 is 11.8 Å². The van der Waals surface area contributed by atoms with Crippen LogP contribution in [0, 0.1) is 20.8 Å². The summed E-state index contributed by atoms with van der Waals surface area (Å²) in [6.07, 6.45) is 0. The number of imide groups is 1. The largest absolute Gasteiger partial charge is 0.495 e. The van der Waals surface area contributed by atoms with Gasteiger partial charge in [-0.15, -0.1) is 0 Å². The summed E-state index contributed by atoms with van der Waals surface area (Å²) in [4.78, 5) is 28.4. The smallest absolute Gasteiger partial charge is 0.282 e. The molecule has 0 unspecified atom stereocenters. The predicted molar refractivity (Wildman–Crippen MR) is 128 cm³/mol. The number of aryl methyl sites for hydroxylation is 3. The Kier molecular flexibility index (Phi) is 5.76. The van der Waals surface area contributed by atoms with Crippen LogP contribution in [0.1, 0.15) is 22.3 Å². The normalized spacial score (nSPS) is 13.7. The van der Waals surface area contributed by atoms with E-state index in [-0.39, 0.29) is 5.70 Å². The van der Waals surface area contributed by atoms with E-state index in [2.05, 4.69) is 5.32 Å². The van der Waals surface area contributed by atoms with Crippen LogP contribution >= 0.6 is 11.6 Å². The molecule has 0 spiro atoms. The summed E-state index contributed by atoms with van der Waals surface area (Å²) >= 11 is 6.10. The second-order valence-corrected chi connectivity index (χ2v) is 8.19. The van der Waals surface area contributed by atoms with E-state index >= 15 is 0 Å². The number of hydrogen-bond donors (Lipinski definition) is 1. The number of amides is 2. The van der Waals surface area contributed by atoms with Crippen LogP contribution in [0.3, 0.4) is 0 Å². The SMILES string of the molecule is COc1ccccc1N1C(=O)C(Nc2ccc(Cl)cc2C)=C(c2ccc(C)c(C)c2)C1=O. The number of benzene rings is 3. The Morgan fingerprint density at radius 3 is 2.28 bits per heavy atom. The molecule has 1 aliphatic rings. The molecule has 3 aromatic carbocycles. The number of nitrogens with one attached hydrogen (secondary N) is 1. The van der Waals surface area contributed by atoms with Gasteiger partial charge in [0.15, 0.2) is 0 Å². The third-order valence-electron chi connectivity index (χ3n) is 5.65. The molecular weight excluding hydrogens is 424 g/mol. The van der Waals surface area contributed by atoms with E-state index in [1.165, 1.54) is 7.11 Å². The van der Waals surface area contributed by atoms with Gasteiger partial charge >= 0.3 is 0 Å². The maximum absolute atomic E-state index is 13.7. The van der Waals surface area contributed by atoms with E-state index in [0.717, 1.165) is 21.6 Å². The van der Waals surface area contributed by atoms with Crippen molar-refractivity contribution in [1.29, 1.82) is 0 Å². The predicted octanol–water partition coefficient (Wildman–Crippen LogP) is 5.67. The molecule has 0 atom stereocenters. The van der Waals surface area contributed by atoms with Gasteiger partial charge in [-0.1, -0.05) is 41.9 Å². The van der Waals surface area contributed by atoms with Crippen molar-refractivity contribution in [3.8, 4) is 5.75 Å². The number of para-hydroxylation sites is 2. The molecule has 6 heteroatoms. The highest BCUT2D eigenvalue weighted by Gasteiger charge is 2.41. The molecule has 0 fully saturated rings. The Balaban J connectivity index is 1.88. The molecule has 2 amide bonds. The molecule has 32 heavy (non-hydrogen) atoms. The molecule has 0 saturated heterocycles. The number of nitrogens with zero attached hydrogens (tertiary/aromatic N) is 1. The van der Waals surface area contributed by atoms with Crippen LogP contribution in [0.5, 0.6) is 5.75 Å². The molecule has 0 bridgehead atoms. The van der Waals surface area contributed by atoms with Gasteiger partial charge in [0.2, 0.25) is 0 Å². The number of carbonyl (C=O) groups is 2. The zero-order valence-corrected chi connectivity index (χ0v) is 19.1. The summed E-state index contributed by atoms with van der Waals surface area (Å²) in [6, 6.07) is 18.1. The maximum atomic E-state index is 13.7. The van der Waals surface area contributed by atoms with Crippen LogP contribution < -0.4 is 15.0 Å². The lowest BCUT2D eigenvalue weighted by atomic mass is 9.99. The fraction of sp³-hybridized carbons (Fsp3) is 0.154. The number of halogens is 1. The molecule has 1 aliphatic heterocycles. The Hall–Kier alpha value is -3.57. The lowest BCUT2D eigenvalue weighted by Gasteiger charge is -2.18. The van der Waals surface area contributed by atoms with Gasteiger partial charge in [-0.25, -0.2) is 4.90 Å². The van der Waals surface area contributed by atoms with Crippen LogP contribution in [0.25, 0.3) is 5.57 Å². The maximum Gasteiger partial charge on any atom is 0.282 e. The van der Waals surface area contributed by atoms with Gasteiger partial charge in [-0.3, -0.25) is 9.59 Å². The van der Waals surface area contributed by atoms with Crippen LogP contribution in [0.15, 0.2) is 66.4 Å². The molecule has 5 nitrogen and oxygen atoms in total. The molecule has 0 aliphatic carbocycles. The van der Waals surface area contributed by atoms with Crippen molar-refractivity contribution in [2.75, 3.05) is 17.3 Å². The van der Waals surface area contributed by atoms with E-state index in [9.17, 15) is 9.59 Å². The Morgan fingerprint density at radius 2 is 1.59 bits per heavy atom. The molecule has 162 valence electrons. The fourth-order valence-corrected chi connectivity index (χ4v) is 3.97. The minimum Gasteiger partial charge on any atom is -0.495 e. The van der Waals surface area contributed by atoms with E-state index in [0.29, 0.717) is 33.3 Å². The average Bonchev–Trinajstić information content (AvgIpc) is 3.01. The number of carbonyl (C=O) groups excluding carboxylic acids is 2. The summed E-state index contributed by atoms with van der Waals surface area (Å²) < 4.78 is 5.42. The topological polar surface area (TPSA) is 58.6 Å². The lowest BCUT2D eigenvalue weighted by Crippen LogP contribution is -2.32. The number of hydrogen-bond acceptors (Lipinski definition) is 4. The van der Waals surface area contributed by atoms with Gasteiger partial charge in [-0.05, 0) is 73.4 Å². The average molecular weight is 447 g/mol. The van der Waals surface area contributed by atoms with Crippen molar-refractivity contribution in [2.45, 2.75) is 20.8 Å². The number of ether oxygens (including phenoxy) is 1. The van der Waals surface area contributed by atoms with Gasteiger partial charge in [0.25, 0.3) is 11.8 Å². The summed E-state index contributed by atoms with van der Waals surface area (Å²) in [5, 5.41) is 3.80. The first kappa shape index (κ1) is 21.7. The van der Waals surface area contributed by atoms with Crippen LogP contribution in [0.2, 0.25) is 5.02 Å². The van der Waals surface area contributed by atoms with Gasteiger partial charge in [0.05, 0.1) is 18.4 Å². The number of anilines is 2. The van der Waals surface area contributed by atoms with E-state index in [1.54, 1.807) is 42.5 Å². The summed E-state index contributed by atoms with van der Waals surface area (Å²) in [5.41, 5.74) is 5.32. The van der Waals surface area contributed by atoms with Crippen molar-refractivity contribution in [3.05, 3.63) is 93.6 Å². The molecule has 1 heterocycles. The van der Waals surface area contributed by atoms with Crippen LogP contribution in [-0.4, -0.2) is 18.9 Å². The van der Waals surface area contributed by atoms with Crippen molar-refractivity contribution >= 4 is 40.4 Å². The lowest BCUT2D eigenvalue weighted by molar-refractivity contribution is -0.120. The Morgan fingerprint density at radius 1 is 0.844 bits per heavy atom. The van der Waals surface area contributed by atoms with E-state index in [4.69, 9.17) is 16.3 Å². The Bertz CT molecular complexity index is 1280. The minimum absolute atomic E-state index is 0.217. The van der Waals surface area contributed by atoms with Gasteiger partial charge in [0, 0.05) is 10.7 Å². The molecule has 1 N–H and O–H groups in total. The zero-order valence-electron chi connectivity index (χ0n) is 18.3. The highest BCUT2D eigenvalue weighted by Crippen LogP contribution is 2.38. The quantitative estimate of drug-likeness (QED) is 0.513. The second kappa shape index (κ2) is 8.52. The summed E-state index contributed by atoms with van der Waals surface area (Å²) in [6.45, 7) is 5.88. The van der Waals surface area contributed by atoms with Crippen molar-refractivity contribution in [2.24, 2.45) is 0 Å². The summed E-state index contributed by atoms with van der Waals surface area (Å²) in [5.74, 6) is -0.406. The number of methoxy groups -OCH3 is 1.